The maximum Gasteiger partial charge on any atom is 0.223 e. The Morgan fingerprint density at radius 2 is 1.74 bits per heavy atom. The van der Waals surface area contributed by atoms with E-state index in [-0.39, 0.29) is 5.91 Å². The molecular formula is C29H34Cl2N6O2. The summed E-state index contributed by atoms with van der Waals surface area (Å²) in [5.74, 6) is 3.07. The molecule has 2 aliphatic heterocycles. The number of carbonyl (C=O) groups is 1. The number of aromatic nitrogens is 3. The summed E-state index contributed by atoms with van der Waals surface area (Å²) in [6.45, 7) is 6.91. The van der Waals surface area contributed by atoms with E-state index in [1.54, 1.807) is 31.3 Å². The molecule has 1 aromatic carbocycles. The average molecular weight is 570 g/mol. The number of carbonyl (C=O) groups excluding carboxylic acids is 1. The number of hydrogen-bond acceptors (Lipinski definition) is 7. The van der Waals surface area contributed by atoms with Gasteiger partial charge < -0.3 is 15.0 Å². The second-order valence-electron chi connectivity index (χ2n) is 10.3. The van der Waals surface area contributed by atoms with Crippen LogP contribution in [0, 0.1) is 5.92 Å². The zero-order valence-electron chi connectivity index (χ0n) is 22.2. The highest BCUT2D eigenvalue weighted by Crippen LogP contribution is 2.29. The zero-order chi connectivity index (χ0) is 27.2. The third kappa shape index (κ3) is 7.81. The molecule has 5 rings (SSSR count). The third-order valence-electron chi connectivity index (χ3n) is 7.23. The zero-order valence-corrected chi connectivity index (χ0v) is 23.7. The molecule has 8 nitrogen and oxygen atoms in total. The summed E-state index contributed by atoms with van der Waals surface area (Å²) in [6, 6.07) is 11.1. The highest BCUT2D eigenvalue weighted by atomic mass is 35.5. The second kappa shape index (κ2) is 12.9. The van der Waals surface area contributed by atoms with Gasteiger partial charge in [0.05, 0.1) is 11.9 Å². The minimum absolute atomic E-state index is 0.0240. The number of piperidine rings is 2. The van der Waals surface area contributed by atoms with Crippen molar-refractivity contribution in [2.45, 2.75) is 45.6 Å². The van der Waals surface area contributed by atoms with Crippen molar-refractivity contribution in [3.63, 3.8) is 0 Å². The van der Waals surface area contributed by atoms with Gasteiger partial charge in [0.25, 0.3) is 0 Å². The summed E-state index contributed by atoms with van der Waals surface area (Å²) in [7, 11) is 0. The van der Waals surface area contributed by atoms with Crippen molar-refractivity contribution in [2.75, 3.05) is 37.6 Å². The average Bonchev–Trinajstić information content (AvgIpc) is 2.93. The van der Waals surface area contributed by atoms with Gasteiger partial charge in [-0.05, 0) is 81.4 Å². The van der Waals surface area contributed by atoms with E-state index < -0.39 is 0 Å². The van der Waals surface area contributed by atoms with E-state index in [2.05, 4.69) is 20.1 Å². The Bertz CT molecular complexity index is 1260. The van der Waals surface area contributed by atoms with Gasteiger partial charge in [-0.1, -0.05) is 23.2 Å². The fourth-order valence-electron chi connectivity index (χ4n) is 5.15. The molecule has 0 aliphatic carbocycles. The molecule has 0 radical (unpaired) electrons. The monoisotopic (exact) mass is 568 g/mol. The van der Waals surface area contributed by atoms with Crippen LogP contribution in [0.4, 0.5) is 5.82 Å². The number of nitrogens with zero attached hydrogens (tertiary/aromatic N) is 5. The quantitative estimate of drug-likeness (QED) is 0.358. The van der Waals surface area contributed by atoms with E-state index in [0.29, 0.717) is 40.0 Å². The lowest BCUT2D eigenvalue weighted by atomic mass is 9.96. The Morgan fingerprint density at radius 1 is 1.00 bits per heavy atom. The predicted molar refractivity (Wildman–Crippen MR) is 155 cm³/mol. The van der Waals surface area contributed by atoms with Crippen LogP contribution in [0.1, 0.15) is 44.7 Å². The number of hydrogen-bond donors (Lipinski definition) is 1. The van der Waals surface area contributed by atoms with Crippen LogP contribution in [0.5, 0.6) is 11.6 Å². The van der Waals surface area contributed by atoms with Gasteiger partial charge in [-0.2, -0.15) is 4.98 Å². The van der Waals surface area contributed by atoms with Gasteiger partial charge in [0.1, 0.15) is 11.6 Å². The Morgan fingerprint density at radius 3 is 2.41 bits per heavy atom. The maximum atomic E-state index is 11.3. The summed E-state index contributed by atoms with van der Waals surface area (Å²) in [5, 5.41) is 3.99. The Hall–Kier alpha value is -2.94. The number of likely N-dealkylation sites (tertiary alicyclic amines) is 1. The first-order chi connectivity index (χ1) is 18.9. The van der Waals surface area contributed by atoms with E-state index in [0.717, 1.165) is 62.6 Å². The first-order valence-electron chi connectivity index (χ1n) is 13.6. The highest BCUT2D eigenvalue weighted by Gasteiger charge is 2.21. The molecule has 0 unspecified atom stereocenters. The van der Waals surface area contributed by atoms with Gasteiger partial charge in [0.2, 0.25) is 11.8 Å². The van der Waals surface area contributed by atoms with Crippen molar-refractivity contribution in [2.24, 2.45) is 5.92 Å². The molecule has 3 aromatic rings. The summed E-state index contributed by atoms with van der Waals surface area (Å²) in [6.07, 6.45) is 7.49. The number of nitrogens with one attached hydrogen (secondary N) is 1. The summed E-state index contributed by atoms with van der Waals surface area (Å²) in [5.41, 5.74) is 1.58. The number of anilines is 1. The van der Waals surface area contributed by atoms with Crippen LogP contribution in [0.15, 0.2) is 42.6 Å². The number of halogens is 2. The molecule has 2 aliphatic rings. The fourth-order valence-corrected chi connectivity index (χ4v) is 5.67. The van der Waals surface area contributed by atoms with Crippen LogP contribution in [0.25, 0.3) is 11.4 Å². The summed E-state index contributed by atoms with van der Waals surface area (Å²) < 4.78 is 6.19. The highest BCUT2D eigenvalue weighted by molar-refractivity contribution is 6.35. The first kappa shape index (κ1) is 27.6. The van der Waals surface area contributed by atoms with Gasteiger partial charge in [-0.25, -0.2) is 9.97 Å². The van der Waals surface area contributed by atoms with Gasteiger partial charge in [-0.15, -0.1) is 0 Å². The summed E-state index contributed by atoms with van der Waals surface area (Å²) in [4.78, 5) is 30.1. The number of ether oxygens (including phenoxy) is 1. The molecule has 4 heterocycles. The molecule has 0 saturated carbocycles. The minimum atomic E-state index is 0.0240. The van der Waals surface area contributed by atoms with Crippen LogP contribution in [0.3, 0.4) is 0 Å². The van der Waals surface area contributed by atoms with E-state index in [9.17, 15) is 4.79 Å². The second-order valence-corrected chi connectivity index (χ2v) is 11.2. The molecule has 206 valence electrons. The minimum Gasteiger partial charge on any atom is -0.437 e. The van der Waals surface area contributed by atoms with Crippen LogP contribution < -0.4 is 15.0 Å². The molecule has 10 heteroatoms. The molecule has 2 saturated heterocycles. The van der Waals surface area contributed by atoms with Gasteiger partial charge in [0, 0.05) is 54.8 Å². The summed E-state index contributed by atoms with van der Waals surface area (Å²) >= 11 is 12.6. The van der Waals surface area contributed by atoms with Crippen molar-refractivity contribution in [1.29, 1.82) is 0 Å². The van der Waals surface area contributed by atoms with Crippen LogP contribution in [-0.4, -0.2) is 58.5 Å². The van der Waals surface area contributed by atoms with Crippen LogP contribution >= 0.6 is 23.2 Å². The van der Waals surface area contributed by atoms with Gasteiger partial charge in [-0.3, -0.25) is 9.69 Å². The van der Waals surface area contributed by atoms with Crippen molar-refractivity contribution >= 4 is 34.9 Å². The third-order valence-corrected chi connectivity index (χ3v) is 7.67. The molecule has 2 aromatic heterocycles. The van der Waals surface area contributed by atoms with Crippen molar-refractivity contribution in [1.82, 2.24) is 25.2 Å². The lowest BCUT2D eigenvalue weighted by Gasteiger charge is -2.31. The Balaban J connectivity index is 1.33. The van der Waals surface area contributed by atoms with E-state index in [1.807, 2.05) is 18.2 Å². The molecule has 0 spiro atoms. The molecule has 2 fully saturated rings. The fraction of sp³-hybridized carbons (Fsp3) is 0.448. The molecule has 1 amide bonds. The Kier molecular flexibility index (Phi) is 9.17. The topological polar surface area (TPSA) is 83.5 Å². The standard InChI is InChI=1S/C29H34Cl2N6O2/c1-20(38)32-17-21-7-11-36(12-8-21)19-25-16-28(35-29(34-25)22-13-23(30)15-24(31)14-22)39-26-5-6-27(33-18-26)37-9-3-2-4-10-37/h5-6,13-16,18,21H,2-4,7-12,17,19H2,1H3,(H,32,38). The molecule has 0 bridgehead atoms. The molecule has 1 N–H and O–H groups in total. The van der Waals surface area contributed by atoms with Gasteiger partial charge in [0.15, 0.2) is 5.82 Å². The van der Waals surface area contributed by atoms with Crippen LogP contribution in [-0.2, 0) is 11.3 Å². The maximum absolute atomic E-state index is 11.3. The van der Waals surface area contributed by atoms with Crippen molar-refractivity contribution < 1.29 is 9.53 Å². The largest absolute Gasteiger partial charge is 0.437 e. The number of rotatable bonds is 8. The smallest absolute Gasteiger partial charge is 0.223 e. The number of benzene rings is 1. The first-order valence-corrected chi connectivity index (χ1v) is 14.4. The van der Waals surface area contributed by atoms with E-state index >= 15 is 0 Å². The lowest BCUT2D eigenvalue weighted by Crippen LogP contribution is -2.38. The predicted octanol–water partition coefficient (Wildman–Crippen LogP) is 5.98. The van der Waals surface area contributed by atoms with Crippen LogP contribution in [0.2, 0.25) is 10.0 Å². The molecule has 39 heavy (non-hydrogen) atoms. The van der Waals surface area contributed by atoms with E-state index in [1.165, 1.54) is 19.3 Å². The Labute approximate surface area is 239 Å². The molecule has 0 atom stereocenters. The number of amides is 1. The molecular weight excluding hydrogens is 535 g/mol. The van der Waals surface area contributed by atoms with Crippen molar-refractivity contribution in [3.8, 4) is 23.0 Å². The van der Waals surface area contributed by atoms with Crippen molar-refractivity contribution in [3.05, 3.63) is 58.3 Å². The SMILES string of the molecule is CC(=O)NCC1CCN(Cc2cc(Oc3ccc(N4CCCCC4)nc3)nc(-c3cc(Cl)cc(Cl)c3)n2)CC1. The lowest BCUT2D eigenvalue weighted by molar-refractivity contribution is -0.119. The number of pyridine rings is 1. The van der Waals surface area contributed by atoms with Gasteiger partial charge >= 0.3 is 0 Å². The normalized spacial score (nSPS) is 16.7. The van der Waals surface area contributed by atoms with E-state index in [4.69, 9.17) is 37.9 Å².